The third kappa shape index (κ3) is 4.12. The van der Waals surface area contributed by atoms with Gasteiger partial charge in [0.05, 0.1) is 25.3 Å². The molecule has 0 spiro atoms. The number of rotatable bonds is 6. The fraction of sp³-hybridized carbons (Fsp3) is 0.167. The van der Waals surface area contributed by atoms with Crippen molar-refractivity contribution in [3.8, 4) is 0 Å². The van der Waals surface area contributed by atoms with Crippen LogP contribution in [0.5, 0.6) is 0 Å². The highest BCUT2D eigenvalue weighted by atomic mass is 35.5. The first-order valence-corrected chi connectivity index (χ1v) is 9.05. The number of nitrogens with one attached hydrogen (secondary N) is 1. The summed E-state index contributed by atoms with van der Waals surface area (Å²) in [5.74, 6) is -0.730. The molecule has 0 aliphatic heterocycles. The van der Waals surface area contributed by atoms with E-state index in [0.717, 1.165) is 4.88 Å². The number of methoxy groups -OCH3 is 1. The van der Waals surface area contributed by atoms with Gasteiger partial charge in [-0.15, -0.1) is 11.3 Å². The van der Waals surface area contributed by atoms with E-state index in [9.17, 15) is 9.59 Å². The maximum absolute atomic E-state index is 12.3. The average Bonchev–Trinajstić information content (AvgIpc) is 3.26. The summed E-state index contributed by atoms with van der Waals surface area (Å²) in [7, 11) is 1.32. The van der Waals surface area contributed by atoms with Crippen LogP contribution in [0, 0.1) is 0 Å². The van der Waals surface area contributed by atoms with Crippen LogP contribution in [0.15, 0.2) is 48.0 Å². The van der Waals surface area contributed by atoms with E-state index < -0.39 is 12.0 Å². The van der Waals surface area contributed by atoms with Crippen molar-refractivity contribution >= 4 is 46.5 Å². The lowest BCUT2D eigenvalue weighted by atomic mass is 10.1. The van der Waals surface area contributed by atoms with Gasteiger partial charge in [0.1, 0.15) is 5.65 Å². The number of aromatic nitrogens is 2. The summed E-state index contributed by atoms with van der Waals surface area (Å²) in [4.78, 5) is 29.1. The van der Waals surface area contributed by atoms with Crippen LogP contribution in [-0.2, 0) is 14.3 Å². The number of carbonyl (C=O) groups is 2. The Morgan fingerprint density at radius 2 is 2.23 bits per heavy atom. The highest BCUT2D eigenvalue weighted by Gasteiger charge is 2.19. The summed E-state index contributed by atoms with van der Waals surface area (Å²) in [5, 5.41) is 5.02. The summed E-state index contributed by atoms with van der Waals surface area (Å²) in [6.07, 6.45) is 4.85. The quantitative estimate of drug-likeness (QED) is 0.517. The Bertz CT molecular complexity index is 950. The number of fused-ring (bicyclic) bond motifs is 1. The first-order chi connectivity index (χ1) is 12.6. The molecule has 0 fully saturated rings. The van der Waals surface area contributed by atoms with Gasteiger partial charge in [-0.2, -0.15) is 0 Å². The van der Waals surface area contributed by atoms with Crippen molar-refractivity contribution in [2.45, 2.75) is 12.5 Å². The highest BCUT2D eigenvalue weighted by molar-refractivity contribution is 7.10. The van der Waals surface area contributed by atoms with Crippen LogP contribution in [0.4, 0.5) is 0 Å². The lowest BCUT2D eigenvalue weighted by molar-refractivity contribution is -0.141. The largest absolute Gasteiger partial charge is 0.469 e. The highest BCUT2D eigenvalue weighted by Crippen LogP contribution is 2.23. The van der Waals surface area contributed by atoms with Gasteiger partial charge < -0.3 is 10.1 Å². The number of imidazole rings is 1. The molecule has 1 amide bonds. The number of amides is 1. The van der Waals surface area contributed by atoms with Crippen LogP contribution in [0.25, 0.3) is 11.7 Å². The molecule has 1 unspecified atom stereocenters. The van der Waals surface area contributed by atoms with Gasteiger partial charge in [0, 0.05) is 17.2 Å². The fourth-order valence-electron chi connectivity index (χ4n) is 2.47. The van der Waals surface area contributed by atoms with E-state index in [1.165, 1.54) is 24.5 Å². The molecule has 0 radical (unpaired) electrons. The number of hydrogen-bond donors (Lipinski definition) is 1. The van der Waals surface area contributed by atoms with Crippen molar-refractivity contribution in [2.75, 3.05) is 7.11 Å². The Kier molecular flexibility index (Phi) is 5.70. The van der Waals surface area contributed by atoms with Crippen LogP contribution >= 0.6 is 22.9 Å². The zero-order valence-electron chi connectivity index (χ0n) is 13.9. The minimum Gasteiger partial charge on any atom is -0.469 e. The number of halogens is 1. The summed E-state index contributed by atoms with van der Waals surface area (Å²) < 4.78 is 6.50. The molecule has 0 saturated heterocycles. The van der Waals surface area contributed by atoms with Crippen LogP contribution in [0.3, 0.4) is 0 Å². The third-order valence-electron chi connectivity index (χ3n) is 3.72. The molecule has 3 aromatic heterocycles. The van der Waals surface area contributed by atoms with Crippen molar-refractivity contribution in [2.24, 2.45) is 0 Å². The molecule has 8 heteroatoms. The zero-order chi connectivity index (χ0) is 18.5. The molecule has 1 N–H and O–H groups in total. The monoisotopic (exact) mass is 389 g/mol. The summed E-state index contributed by atoms with van der Waals surface area (Å²) in [5.41, 5.74) is 1.30. The molecule has 26 heavy (non-hydrogen) atoms. The molecule has 0 aliphatic rings. The third-order valence-corrected chi connectivity index (χ3v) is 4.98. The second kappa shape index (κ2) is 8.16. The number of esters is 1. The van der Waals surface area contributed by atoms with Crippen LogP contribution in [0.1, 0.15) is 23.0 Å². The van der Waals surface area contributed by atoms with E-state index in [4.69, 9.17) is 16.3 Å². The standard InChI is InChI=1S/C18H16ClN3O3S/c1-25-17(24)11-12(14-5-4-10-26-14)20-16(23)8-7-13-18(19)21-15-6-2-3-9-22(13)15/h2-10,12H,11H2,1H3,(H,20,23)/b8-7+. The first kappa shape index (κ1) is 18.2. The Morgan fingerprint density at radius 1 is 1.38 bits per heavy atom. The van der Waals surface area contributed by atoms with Gasteiger partial charge in [-0.05, 0) is 29.7 Å². The molecule has 6 nitrogen and oxygen atoms in total. The van der Waals surface area contributed by atoms with Gasteiger partial charge in [0.2, 0.25) is 5.91 Å². The normalized spacial score (nSPS) is 12.4. The molecule has 3 rings (SSSR count). The minimum absolute atomic E-state index is 0.0625. The van der Waals surface area contributed by atoms with Crippen molar-refractivity contribution < 1.29 is 14.3 Å². The molecule has 134 valence electrons. The molecule has 1 atom stereocenters. The Labute approximate surface area is 159 Å². The van der Waals surface area contributed by atoms with Gasteiger partial charge >= 0.3 is 5.97 Å². The lowest BCUT2D eigenvalue weighted by Gasteiger charge is -2.15. The van der Waals surface area contributed by atoms with Gasteiger partial charge in [-0.3, -0.25) is 14.0 Å². The van der Waals surface area contributed by atoms with E-state index in [1.54, 1.807) is 10.5 Å². The molecular weight excluding hydrogens is 374 g/mol. The Morgan fingerprint density at radius 3 is 2.96 bits per heavy atom. The number of thiophene rings is 1. The number of pyridine rings is 1. The van der Waals surface area contributed by atoms with Gasteiger partial charge in [0.15, 0.2) is 5.15 Å². The van der Waals surface area contributed by atoms with Crippen molar-refractivity contribution in [3.63, 3.8) is 0 Å². The molecule has 0 aromatic carbocycles. The van der Waals surface area contributed by atoms with Gasteiger partial charge in [0.25, 0.3) is 0 Å². The summed E-state index contributed by atoms with van der Waals surface area (Å²) in [6.45, 7) is 0. The second-order valence-electron chi connectivity index (χ2n) is 5.41. The SMILES string of the molecule is COC(=O)CC(NC(=O)/C=C/c1c(Cl)nc2ccccn12)c1cccs1. The summed E-state index contributed by atoms with van der Waals surface area (Å²) >= 11 is 7.62. The van der Waals surface area contributed by atoms with Gasteiger partial charge in [-0.1, -0.05) is 23.7 Å². The lowest BCUT2D eigenvalue weighted by Crippen LogP contribution is -2.28. The van der Waals surface area contributed by atoms with Crippen molar-refractivity contribution in [1.82, 2.24) is 14.7 Å². The van der Waals surface area contributed by atoms with Gasteiger partial charge in [-0.25, -0.2) is 4.98 Å². The first-order valence-electron chi connectivity index (χ1n) is 7.80. The predicted molar refractivity (Wildman–Crippen MR) is 101 cm³/mol. The molecule has 0 saturated carbocycles. The number of hydrogen-bond acceptors (Lipinski definition) is 5. The molecule has 0 aliphatic carbocycles. The van der Waals surface area contributed by atoms with Crippen molar-refractivity contribution in [3.05, 3.63) is 63.7 Å². The minimum atomic E-state index is -0.447. The van der Waals surface area contributed by atoms with Crippen LogP contribution in [0.2, 0.25) is 5.15 Å². The maximum atomic E-state index is 12.3. The Balaban J connectivity index is 1.76. The summed E-state index contributed by atoms with van der Waals surface area (Å²) in [6, 6.07) is 8.82. The number of carbonyl (C=O) groups excluding carboxylic acids is 2. The van der Waals surface area contributed by atoms with E-state index in [1.807, 2.05) is 41.9 Å². The van der Waals surface area contributed by atoms with Crippen LogP contribution < -0.4 is 5.32 Å². The smallest absolute Gasteiger partial charge is 0.307 e. The fourth-order valence-corrected chi connectivity index (χ4v) is 3.49. The van der Waals surface area contributed by atoms with E-state index >= 15 is 0 Å². The average molecular weight is 390 g/mol. The topological polar surface area (TPSA) is 72.7 Å². The number of nitrogens with zero attached hydrogens (tertiary/aromatic N) is 2. The van der Waals surface area contributed by atoms with Crippen molar-refractivity contribution in [1.29, 1.82) is 0 Å². The van der Waals surface area contributed by atoms with Crippen LogP contribution in [-0.4, -0.2) is 28.4 Å². The zero-order valence-corrected chi connectivity index (χ0v) is 15.5. The molecule has 0 bridgehead atoms. The van der Waals surface area contributed by atoms with E-state index in [-0.39, 0.29) is 12.3 Å². The van der Waals surface area contributed by atoms with E-state index in [2.05, 4.69) is 10.3 Å². The van der Waals surface area contributed by atoms with E-state index in [0.29, 0.717) is 16.5 Å². The predicted octanol–water partition coefficient (Wildman–Crippen LogP) is 3.48. The second-order valence-corrected chi connectivity index (χ2v) is 6.74. The molecule has 3 heterocycles. The molecule has 3 aromatic rings. The molecular formula is C18H16ClN3O3S. The number of ether oxygens (including phenoxy) is 1. The Hall–Kier alpha value is -2.64. The maximum Gasteiger partial charge on any atom is 0.307 e.